The summed E-state index contributed by atoms with van der Waals surface area (Å²) >= 11 is 3.33. The number of piperazine rings is 1. The normalized spacial score (nSPS) is 18.7. The molecule has 21 heavy (non-hydrogen) atoms. The van der Waals surface area contributed by atoms with Gasteiger partial charge in [-0.3, -0.25) is 4.90 Å². The summed E-state index contributed by atoms with van der Waals surface area (Å²) in [5.41, 5.74) is 0.584. The zero-order valence-electron chi connectivity index (χ0n) is 11.4. The first-order valence-corrected chi connectivity index (χ1v) is 7.62. The lowest BCUT2D eigenvalue weighted by Gasteiger charge is -2.36. The van der Waals surface area contributed by atoms with Crippen LogP contribution in [0.25, 0.3) is 0 Å². The molecule has 0 saturated carbocycles. The van der Waals surface area contributed by atoms with Crippen molar-refractivity contribution in [2.45, 2.75) is 25.1 Å². The molecule has 2 rings (SSSR count). The Balaban J connectivity index is 2.23. The molecular formula is C14H17BrF4N2. The second-order valence-corrected chi connectivity index (χ2v) is 5.98. The van der Waals surface area contributed by atoms with Gasteiger partial charge in [-0.05, 0) is 30.2 Å². The molecule has 1 fully saturated rings. The maximum Gasteiger partial charge on any atom is 0.389 e. The van der Waals surface area contributed by atoms with E-state index in [0.717, 1.165) is 13.1 Å². The molecule has 118 valence electrons. The summed E-state index contributed by atoms with van der Waals surface area (Å²) < 4.78 is 51.8. The monoisotopic (exact) mass is 368 g/mol. The number of nitrogens with one attached hydrogen (secondary N) is 1. The lowest BCUT2D eigenvalue weighted by molar-refractivity contribution is -0.138. The Hall–Kier alpha value is -0.660. The van der Waals surface area contributed by atoms with Crippen molar-refractivity contribution in [3.8, 4) is 0 Å². The Morgan fingerprint density at radius 1 is 1.24 bits per heavy atom. The van der Waals surface area contributed by atoms with Gasteiger partial charge in [0, 0.05) is 43.1 Å². The number of alkyl halides is 3. The molecular weight excluding hydrogens is 352 g/mol. The van der Waals surface area contributed by atoms with Crippen LogP contribution >= 0.6 is 15.9 Å². The van der Waals surface area contributed by atoms with Gasteiger partial charge in [-0.2, -0.15) is 13.2 Å². The number of hydrogen-bond acceptors (Lipinski definition) is 2. The van der Waals surface area contributed by atoms with E-state index in [0.29, 0.717) is 23.1 Å². The topological polar surface area (TPSA) is 15.3 Å². The first-order valence-electron chi connectivity index (χ1n) is 6.83. The zero-order valence-corrected chi connectivity index (χ0v) is 13.0. The molecule has 1 aromatic carbocycles. The number of rotatable bonds is 4. The van der Waals surface area contributed by atoms with Crippen molar-refractivity contribution in [2.24, 2.45) is 0 Å². The molecule has 1 aliphatic rings. The summed E-state index contributed by atoms with van der Waals surface area (Å²) in [7, 11) is 0. The van der Waals surface area contributed by atoms with Crippen molar-refractivity contribution in [2.75, 3.05) is 26.2 Å². The fourth-order valence-corrected chi connectivity index (χ4v) is 3.11. The van der Waals surface area contributed by atoms with Crippen LogP contribution in [0.5, 0.6) is 0 Å². The minimum absolute atomic E-state index is 0.0639. The van der Waals surface area contributed by atoms with Crippen molar-refractivity contribution >= 4 is 15.9 Å². The summed E-state index contributed by atoms with van der Waals surface area (Å²) in [4.78, 5) is 1.99. The van der Waals surface area contributed by atoms with Crippen LogP contribution in [-0.2, 0) is 0 Å². The van der Waals surface area contributed by atoms with Crippen LogP contribution < -0.4 is 5.32 Å². The second kappa shape index (κ2) is 7.07. The molecule has 0 radical (unpaired) electrons. The molecule has 1 atom stereocenters. The van der Waals surface area contributed by atoms with Gasteiger partial charge in [-0.1, -0.05) is 15.9 Å². The molecule has 2 nitrogen and oxygen atoms in total. The van der Waals surface area contributed by atoms with Crippen molar-refractivity contribution in [3.05, 3.63) is 34.1 Å². The van der Waals surface area contributed by atoms with Crippen molar-refractivity contribution in [1.82, 2.24) is 10.2 Å². The standard InChI is InChI=1S/C14H17BrF4N2/c15-12-2-1-10(16)9-11(12)13(3-4-14(17,18)19)21-7-5-20-6-8-21/h1-2,9,13,20H,3-8H2/t13-/m0/s1. The van der Waals surface area contributed by atoms with Gasteiger partial charge in [0.05, 0.1) is 0 Å². The fourth-order valence-electron chi connectivity index (χ4n) is 2.60. The molecule has 1 aliphatic heterocycles. The Morgan fingerprint density at radius 2 is 1.90 bits per heavy atom. The molecule has 0 bridgehead atoms. The highest BCUT2D eigenvalue weighted by Crippen LogP contribution is 2.35. The van der Waals surface area contributed by atoms with Gasteiger partial charge in [0.15, 0.2) is 0 Å². The minimum Gasteiger partial charge on any atom is -0.314 e. The molecule has 0 aromatic heterocycles. The lowest BCUT2D eigenvalue weighted by Crippen LogP contribution is -2.45. The van der Waals surface area contributed by atoms with Crippen LogP contribution in [0.2, 0.25) is 0 Å². The van der Waals surface area contributed by atoms with Crippen LogP contribution in [-0.4, -0.2) is 37.3 Å². The predicted molar refractivity (Wildman–Crippen MR) is 76.6 cm³/mol. The minimum atomic E-state index is -4.20. The second-order valence-electron chi connectivity index (χ2n) is 5.12. The van der Waals surface area contributed by atoms with Gasteiger partial charge in [-0.25, -0.2) is 4.39 Å². The first kappa shape index (κ1) is 16.7. The van der Waals surface area contributed by atoms with Crippen LogP contribution in [0.15, 0.2) is 22.7 Å². The largest absolute Gasteiger partial charge is 0.389 e. The first-order chi connectivity index (χ1) is 9.87. The smallest absolute Gasteiger partial charge is 0.314 e. The summed E-state index contributed by atoms with van der Waals surface area (Å²) in [6.07, 6.45) is -5.14. The highest BCUT2D eigenvalue weighted by Gasteiger charge is 2.32. The average molecular weight is 369 g/mol. The third kappa shape index (κ3) is 4.93. The molecule has 1 saturated heterocycles. The molecule has 1 heterocycles. The molecule has 1 N–H and O–H groups in total. The number of hydrogen-bond donors (Lipinski definition) is 1. The predicted octanol–water partition coefficient (Wildman–Crippen LogP) is 3.88. The lowest BCUT2D eigenvalue weighted by atomic mass is 9.99. The van der Waals surface area contributed by atoms with E-state index >= 15 is 0 Å². The van der Waals surface area contributed by atoms with E-state index in [9.17, 15) is 17.6 Å². The Bertz CT molecular complexity index is 473. The highest BCUT2D eigenvalue weighted by molar-refractivity contribution is 9.10. The third-order valence-corrected chi connectivity index (χ3v) is 4.33. The zero-order chi connectivity index (χ0) is 15.5. The Morgan fingerprint density at radius 3 is 2.52 bits per heavy atom. The van der Waals surface area contributed by atoms with E-state index in [2.05, 4.69) is 21.2 Å². The number of halogens is 5. The summed E-state index contributed by atoms with van der Waals surface area (Å²) in [6, 6.07) is 3.74. The highest BCUT2D eigenvalue weighted by atomic mass is 79.9. The van der Waals surface area contributed by atoms with Gasteiger partial charge in [-0.15, -0.1) is 0 Å². The van der Waals surface area contributed by atoms with Crippen molar-refractivity contribution in [3.63, 3.8) is 0 Å². The number of nitrogens with zero attached hydrogens (tertiary/aromatic N) is 1. The van der Waals surface area contributed by atoms with Crippen LogP contribution in [0.4, 0.5) is 17.6 Å². The van der Waals surface area contributed by atoms with E-state index in [1.807, 2.05) is 4.90 Å². The van der Waals surface area contributed by atoms with E-state index in [1.54, 1.807) is 6.07 Å². The summed E-state index contributed by atoms with van der Waals surface area (Å²) in [6.45, 7) is 2.78. The van der Waals surface area contributed by atoms with Gasteiger partial charge in [0.1, 0.15) is 5.82 Å². The summed E-state index contributed by atoms with van der Waals surface area (Å²) in [5.74, 6) is -0.430. The van der Waals surface area contributed by atoms with Gasteiger partial charge in [0.2, 0.25) is 0 Å². The Labute approximate surface area is 129 Å². The van der Waals surface area contributed by atoms with E-state index < -0.39 is 24.5 Å². The molecule has 0 unspecified atom stereocenters. The molecule has 0 amide bonds. The van der Waals surface area contributed by atoms with Gasteiger partial charge >= 0.3 is 6.18 Å². The van der Waals surface area contributed by atoms with E-state index in [-0.39, 0.29) is 6.42 Å². The third-order valence-electron chi connectivity index (χ3n) is 3.61. The molecule has 7 heteroatoms. The Kier molecular flexibility index (Phi) is 5.62. The fraction of sp³-hybridized carbons (Fsp3) is 0.571. The molecule has 0 spiro atoms. The van der Waals surface area contributed by atoms with Crippen molar-refractivity contribution in [1.29, 1.82) is 0 Å². The van der Waals surface area contributed by atoms with E-state index in [1.165, 1.54) is 12.1 Å². The SMILES string of the molecule is Fc1ccc(Br)c([C@H](CCC(F)(F)F)N2CCNCC2)c1. The van der Waals surface area contributed by atoms with Crippen LogP contribution in [0.3, 0.4) is 0 Å². The van der Waals surface area contributed by atoms with Crippen LogP contribution in [0.1, 0.15) is 24.4 Å². The quantitative estimate of drug-likeness (QED) is 0.811. The molecule has 1 aromatic rings. The summed E-state index contributed by atoms with van der Waals surface area (Å²) in [5, 5.41) is 3.17. The van der Waals surface area contributed by atoms with E-state index in [4.69, 9.17) is 0 Å². The maximum absolute atomic E-state index is 13.5. The van der Waals surface area contributed by atoms with Gasteiger partial charge in [0.25, 0.3) is 0 Å². The maximum atomic E-state index is 13.5. The average Bonchev–Trinajstić information content (AvgIpc) is 2.43. The number of benzene rings is 1. The van der Waals surface area contributed by atoms with Crippen LogP contribution in [0, 0.1) is 5.82 Å². The van der Waals surface area contributed by atoms with Gasteiger partial charge < -0.3 is 5.32 Å². The van der Waals surface area contributed by atoms with Crippen molar-refractivity contribution < 1.29 is 17.6 Å². The molecule has 0 aliphatic carbocycles.